The van der Waals surface area contributed by atoms with E-state index in [2.05, 4.69) is 89.2 Å². The molecule has 1 aliphatic rings. The van der Waals surface area contributed by atoms with Crippen LogP contribution in [-0.4, -0.2) is 3.71 Å². The second-order valence-corrected chi connectivity index (χ2v) is 10.6. The minimum absolute atomic E-state index is 0. The van der Waals surface area contributed by atoms with Crippen LogP contribution in [0.1, 0.15) is 68.0 Å². The Hall–Kier alpha value is -1.73. The molecule has 4 aromatic rings. The van der Waals surface area contributed by atoms with E-state index in [1.807, 2.05) is 9.78 Å². The largest absolute Gasteiger partial charge is 1.00 e. The summed E-state index contributed by atoms with van der Waals surface area (Å²) >= 11 is 1.34. The molecule has 0 atom stereocenters. The van der Waals surface area contributed by atoms with Crippen LogP contribution in [0.5, 0.6) is 0 Å². The number of aryl methyl sites for hydroxylation is 2. The molecule has 0 aromatic heterocycles. The van der Waals surface area contributed by atoms with Crippen molar-refractivity contribution in [1.29, 1.82) is 0 Å². The van der Waals surface area contributed by atoms with E-state index >= 15 is 0 Å². The molecule has 0 aliphatic heterocycles. The zero-order chi connectivity index (χ0) is 25.4. The monoisotopic (exact) mass is 610 g/mol. The average molecular weight is 613 g/mol. The zero-order valence-corrected chi connectivity index (χ0v) is 26.3. The maximum atomic E-state index is 12.2. The summed E-state index contributed by atoms with van der Waals surface area (Å²) in [7, 11) is 0. The van der Waals surface area contributed by atoms with E-state index < -0.39 is 0 Å². The van der Waals surface area contributed by atoms with Crippen molar-refractivity contribution in [2.24, 2.45) is 0 Å². The van der Waals surface area contributed by atoms with E-state index in [0.29, 0.717) is 5.41 Å². The molecule has 37 heavy (non-hydrogen) atoms. The molecule has 0 spiro atoms. The van der Waals surface area contributed by atoms with Gasteiger partial charge in [-0.05, 0) is 6.42 Å². The zero-order valence-electron chi connectivity index (χ0n) is 22.3. The summed E-state index contributed by atoms with van der Waals surface area (Å²) in [4.78, 5) is 0. The molecule has 5 rings (SSSR count). The first-order chi connectivity index (χ1) is 16.8. The third-order valence-corrected chi connectivity index (χ3v) is 7.11. The Bertz CT molecular complexity index is 1210. The molecule has 0 unspecified atom stereocenters. The van der Waals surface area contributed by atoms with E-state index in [9.17, 15) is 4.39 Å². The fourth-order valence-corrected chi connectivity index (χ4v) is 4.85. The topological polar surface area (TPSA) is 0 Å². The molecule has 0 saturated heterocycles. The van der Waals surface area contributed by atoms with Crippen molar-refractivity contribution in [3.05, 3.63) is 124 Å². The molecule has 0 fully saturated rings. The van der Waals surface area contributed by atoms with Gasteiger partial charge in [-0.15, -0.1) is 5.56 Å². The van der Waals surface area contributed by atoms with Crippen LogP contribution in [0.3, 0.4) is 0 Å². The summed E-state index contributed by atoms with van der Waals surface area (Å²) in [6, 6.07) is 29.3. The van der Waals surface area contributed by atoms with Crippen LogP contribution in [-0.2, 0) is 48.9 Å². The quantitative estimate of drug-likeness (QED) is 0.275. The van der Waals surface area contributed by atoms with Gasteiger partial charge in [-0.1, -0.05) is 88.3 Å². The van der Waals surface area contributed by atoms with E-state index in [1.54, 1.807) is 12.1 Å². The van der Waals surface area contributed by atoms with Gasteiger partial charge >= 0.3 is 68.0 Å². The van der Waals surface area contributed by atoms with E-state index in [1.165, 1.54) is 75.3 Å². The van der Waals surface area contributed by atoms with Gasteiger partial charge < -0.3 is 24.8 Å². The number of hydrogen-bond acceptors (Lipinski definition) is 0. The summed E-state index contributed by atoms with van der Waals surface area (Å²) in [5.41, 5.74) is 11.5. The molecule has 0 radical (unpaired) electrons. The number of hydrogen-bond donors (Lipinski definition) is 0. The van der Waals surface area contributed by atoms with Gasteiger partial charge in [0.2, 0.25) is 0 Å². The fraction of sp³-hybridized carbons (Fsp3) is 0.273. The summed E-state index contributed by atoms with van der Waals surface area (Å²) in [6.07, 6.45) is 3.36. The van der Waals surface area contributed by atoms with Gasteiger partial charge in [0.15, 0.2) is 0 Å². The Morgan fingerprint density at radius 1 is 0.919 bits per heavy atom. The van der Waals surface area contributed by atoms with Crippen molar-refractivity contribution < 1.29 is 53.4 Å². The summed E-state index contributed by atoms with van der Waals surface area (Å²) < 4.78 is 14.2. The van der Waals surface area contributed by atoms with Gasteiger partial charge in [0.25, 0.3) is 0 Å². The minimum atomic E-state index is -0.170. The normalized spacial score (nSPS) is 10.8. The second-order valence-electron chi connectivity index (χ2n) is 9.85. The minimum Gasteiger partial charge on any atom is -1.00 e. The van der Waals surface area contributed by atoms with E-state index in [-0.39, 0.29) is 30.6 Å². The molecule has 0 N–H and O–H groups in total. The Balaban J connectivity index is 0.000000275. The first kappa shape index (κ1) is 33.3. The molecule has 4 aromatic carbocycles. The fourth-order valence-electron chi connectivity index (χ4n) is 4.37. The number of rotatable bonds is 3. The van der Waals surface area contributed by atoms with Crippen molar-refractivity contribution in [1.82, 2.24) is 0 Å². The number of benzene rings is 3. The Morgan fingerprint density at radius 3 is 2.14 bits per heavy atom. The van der Waals surface area contributed by atoms with Gasteiger partial charge in [0.1, 0.15) is 0 Å². The van der Waals surface area contributed by atoms with Gasteiger partial charge in [0.05, 0.1) is 0 Å². The van der Waals surface area contributed by atoms with Crippen molar-refractivity contribution in [2.75, 3.05) is 0 Å². The van der Waals surface area contributed by atoms with E-state index in [4.69, 9.17) is 0 Å². The third-order valence-electron chi connectivity index (χ3n) is 6.29. The van der Waals surface area contributed by atoms with Crippen molar-refractivity contribution >= 4 is 3.71 Å². The van der Waals surface area contributed by atoms with E-state index in [0.717, 1.165) is 24.8 Å². The molecule has 0 nitrogen and oxygen atoms in total. The van der Waals surface area contributed by atoms with Crippen LogP contribution < -0.4 is 24.8 Å². The molecule has 0 heterocycles. The standard InChI is InChI=1S/C13H9.C13H21.C7H5F.2ClH.Zr/c1-3-7-12-10(5-1)9-11-6-2-4-8-13(11)12;1-6-10-8-11(7-2)12(9-10)13(3,4)5;1-6-2-4-7(8)5-3-6;;;/h1-5,7-8H,9H2;8-9H,6-7H2,1-5H3;1-5H;2*1H;/q2*-1;;;;+2/p-2. The van der Waals surface area contributed by atoms with Crippen molar-refractivity contribution in [3.8, 4) is 11.1 Å². The summed E-state index contributed by atoms with van der Waals surface area (Å²) in [5.74, 6) is -0.170. The van der Waals surface area contributed by atoms with Crippen LogP contribution >= 0.6 is 0 Å². The molecule has 1 aliphatic carbocycles. The van der Waals surface area contributed by atoms with Gasteiger partial charge in [-0.25, -0.2) is 6.07 Å². The molecular weight excluding hydrogens is 577 g/mol. The maximum absolute atomic E-state index is 12.2. The van der Waals surface area contributed by atoms with Crippen molar-refractivity contribution in [2.45, 2.75) is 59.3 Å². The van der Waals surface area contributed by atoms with Gasteiger partial charge in [0, 0.05) is 0 Å². The molecule has 4 heteroatoms. The van der Waals surface area contributed by atoms with Crippen molar-refractivity contribution in [3.63, 3.8) is 0 Å². The van der Waals surface area contributed by atoms with Crippen LogP contribution in [0.2, 0.25) is 0 Å². The smallest absolute Gasteiger partial charge is 0.0253 e. The Labute approximate surface area is 250 Å². The summed E-state index contributed by atoms with van der Waals surface area (Å²) in [6.45, 7) is 11.3. The van der Waals surface area contributed by atoms with Crippen LogP contribution in [0.25, 0.3) is 11.1 Å². The molecule has 194 valence electrons. The maximum Gasteiger partial charge on any atom is -0.0253 e. The van der Waals surface area contributed by atoms with Crippen LogP contribution in [0.4, 0.5) is 4.39 Å². The van der Waals surface area contributed by atoms with Crippen LogP contribution in [0, 0.1) is 11.9 Å². The predicted octanol–water partition coefficient (Wildman–Crippen LogP) is 2.42. The number of halogens is 3. The average Bonchev–Trinajstić information content (AvgIpc) is 3.47. The molecule has 0 amide bonds. The first-order valence-corrected chi connectivity index (χ1v) is 13.8. The molecular formula is C33H35Cl2FZr-2. The first-order valence-electron chi connectivity index (χ1n) is 12.4. The molecule has 0 saturated carbocycles. The van der Waals surface area contributed by atoms with Gasteiger partial charge in [-0.3, -0.25) is 0 Å². The van der Waals surface area contributed by atoms with Crippen LogP contribution in [0.15, 0.2) is 78.9 Å². The Kier molecular flexibility index (Phi) is 14.1. The number of fused-ring (bicyclic) bond motifs is 3. The third kappa shape index (κ3) is 9.21. The summed E-state index contributed by atoms with van der Waals surface area (Å²) in [5, 5.41) is 0. The van der Waals surface area contributed by atoms with Gasteiger partial charge in [-0.2, -0.15) is 52.6 Å². The second kappa shape index (κ2) is 15.6. The Morgan fingerprint density at radius 2 is 1.57 bits per heavy atom. The SMILES string of the molecule is CCc1cc(C(C)(C)C)c(CC)[cH-]1.Fc1ccc([CH]=[Zr+2])cc1.[Cl-].[Cl-].[c-]1cccc2c1Cc1ccccc1-2. The predicted molar refractivity (Wildman–Crippen MR) is 145 cm³/mol. The molecule has 0 bridgehead atoms.